The fraction of sp³-hybridized carbons (Fsp3) is 0.636. The first kappa shape index (κ1) is 15.9. The van der Waals surface area contributed by atoms with Crippen LogP contribution in [0.15, 0.2) is 0 Å². The maximum Gasteiger partial charge on any atom is 0.315 e. The number of esters is 1. The molecular weight excluding hydrogens is 286 g/mol. The van der Waals surface area contributed by atoms with Gasteiger partial charge in [-0.2, -0.15) is 0 Å². The van der Waals surface area contributed by atoms with Gasteiger partial charge in [0, 0.05) is 5.92 Å². The van der Waals surface area contributed by atoms with E-state index in [9.17, 15) is 9.59 Å². The minimum absolute atomic E-state index is 0.175. The van der Waals surface area contributed by atoms with Gasteiger partial charge in [0.25, 0.3) is 0 Å². The van der Waals surface area contributed by atoms with E-state index in [2.05, 4.69) is 15.5 Å². The second-order valence-corrected chi connectivity index (χ2v) is 5.94. The molecule has 6 nitrogen and oxygen atoms in total. The van der Waals surface area contributed by atoms with Crippen LogP contribution in [0.4, 0.5) is 5.13 Å². The molecule has 1 N–H and O–H groups in total. The first-order chi connectivity index (χ1) is 9.02. The summed E-state index contributed by atoms with van der Waals surface area (Å²) in [5, 5.41) is 11.9. The summed E-state index contributed by atoms with van der Waals surface area (Å²) in [6.07, 6.45) is 0. The number of aromatic nitrogens is 2. The van der Waals surface area contributed by atoms with E-state index in [1.54, 1.807) is 6.92 Å². The number of nitrogens with zero attached hydrogens (tertiary/aromatic N) is 2. The van der Waals surface area contributed by atoms with Crippen molar-refractivity contribution in [2.45, 2.75) is 26.7 Å². The first-order valence-electron chi connectivity index (χ1n) is 5.89. The lowest BCUT2D eigenvalue weighted by Crippen LogP contribution is -2.16. The quantitative estimate of drug-likeness (QED) is 0.775. The Morgan fingerprint density at radius 2 is 2.11 bits per heavy atom. The summed E-state index contributed by atoms with van der Waals surface area (Å²) in [5.74, 6) is 0.157. The smallest absolute Gasteiger partial charge is 0.315 e. The molecule has 19 heavy (non-hydrogen) atoms. The van der Waals surface area contributed by atoms with E-state index < -0.39 is 0 Å². The number of ether oxygens (including phenoxy) is 1. The zero-order chi connectivity index (χ0) is 14.3. The van der Waals surface area contributed by atoms with Crippen molar-refractivity contribution < 1.29 is 14.3 Å². The monoisotopic (exact) mass is 303 g/mol. The molecule has 0 aromatic carbocycles. The van der Waals surface area contributed by atoms with Crippen LogP contribution in [-0.2, 0) is 14.3 Å². The highest BCUT2D eigenvalue weighted by Gasteiger charge is 2.11. The van der Waals surface area contributed by atoms with Crippen LogP contribution >= 0.6 is 23.1 Å². The maximum absolute atomic E-state index is 11.6. The van der Waals surface area contributed by atoms with Crippen LogP contribution in [-0.4, -0.2) is 40.2 Å². The van der Waals surface area contributed by atoms with Crippen LogP contribution in [0.3, 0.4) is 0 Å². The lowest BCUT2D eigenvalue weighted by atomic mass is 10.2. The second kappa shape index (κ2) is 8.11. The van der Waals surface area contributed by atoms with Gasteiger partial charge < -0.3 is 4.74 Å². The highest BCUT2D eigenvalue weighted by atomic mass is 32.2. The van der Waals surface area contributed by atoms with Gasteiger partial charge in [-0.15, -0.1) is 22.0 Å². The number of amides is 1. The Labute approximate surface area is 120 Å². The van der Waals surface area contributed by atoms with Gasteiger partial charge in [-0.3, -0.25) is 14.9 Å². The summed E-state index contributed by atoms with van der Waals surface area (Å²) in [6, 6.07) is 0. The highest BCUT2D eigenvalue weighted by molar-refractivity contribution is 8.00. The van der Waals surface area contributed by atoms with Gasteiger partial charge in [0.05, 0.1) is 18.1 Å². The lowest BCUT2D eigenvalue weighted by molar-refractivity contribution is -0.139. The third-order valence-electron chi connectivity index (χ3n) is 1.94. The van der Waals surface area contributed by atoms with E-state index in [0.717, 1.165) is 5.01 Å². The largest absolute Gasteiger partial charge is 0.465 e. The first-order valence-corrected chi connectivity index (χ1v) is 7.86. The Hall–Kier alpha value is -1.15. The molecule has 0 saturated carbocycles. The molecule has 0 unspecified atom stereocenters. The van der Waals surface area contributed by atoms with Crippen molar-refractivity contribution in [2.75, 3.05) is 23.4 Å². The number of hydrogen-bond donors (Lipinski definition) is 1. The molecular formula is C11H17N3O3S2. The van der Waals surface area contributed by atoms with Crippen molar-refractivity contribution in [3.05, 3.63) is 5.01 Å². The molecule has 0 spiro atoms. The van der Waals surface area contributed by atoms with Gasteiger partial charge >= 0.3 is 5.97 Å². The molecule has 1 rings (SSSR count). The fourth-order valence-corrected chi connectivity index (χ4v) is 2.48. The highest BCUT2D eigenvalue weighted by Crippen LogP contribution is 2.22. The summed E-state index contributed by atoms with van der Waals surface area (Å²) >= 11 is 2.57. The molecule has 0 aliphatic rings. The van der Waals surface area contributed by atoms with Crippen molar-refractivity contribution in [3.63, 3.8) is 0 Å². The Bertz CT molecular complexity index is 435. The summed E-state index contributed by atoms with van der Waals surface area (Å²) in [5.41, 5.74) is 0. The molecule has 0 aliphatic heterocycles. The Kier molecular flexibility index (Phi) is 6.79. The number of hydrogen-bond acceptors (Lipinski definition) is 7. The van der Waals surface area contributed by atoms with Crippen LogP contribution < -0.4 is 5.32 Å². The number of rotatable bonds is 7. The zero-order valence-electron chi connectivity index (χ0n) is 11.1. The Morgan fingerprint density at radius 1 is 1.37 bits per heavy atom. The molecule has 0 saturated heterocycles. The third-order valence-corrected chi connectivity index (χ3v) is 3.98. The number of thioether (sulfide) groups is 1. The van der Waals surface area contributed by atoms with Gasteiger partial charge in [0.15, 0.2) is 0 Å². The van der Waals surface area contributed by atoms with Crippen molar-refractivity contribution in [3.8, 4) is 0 Å². The van der Waals surface area contributed by atoms with Crippen LogP contribution in [0.5, 0.6) is 0 Å². The van der Waals surface area contributed by atoms with Crippen LogP contribution in [0.25, 0.3) is 0 Å². The van der Waals surface area contributed by atoms with Crippen molar-refractivity contribution in [2.24, 2.45) is 0 Å². The number of carbonyl (C=O) groups is 2. The average Bonchev–Trinajstić information content (AvgIpc) is 2.78. The van der Waals surface area contributed by atoms with Gasteiger partial charge in [0.1, 0.15) is 5.01 Å². The van der Waals surface area contributed by atoms with Gasteiger partial charge in [-0.25, -0.2) is 0 Å². The topological polar surface area (TPSA) is 81.2 Å². The maximum atomic E-state index is 11.6. The molecule has 1 amide bonds. The zero-order valence-corrected chi connectivity index (χ0v) is 12.8. The van der Waals surface area contributed by atoms with Crippen LogP contribution in [0, 0.1) is 0 Å². The molecule has 0 atom stereocenters. The average molecular weight is 303 g/mol. The summed E-state index contributed by atoms with van der Waals surface area (Å²) < 4.78 is 4.76. The molecule has 0 bridgehead atoms. The van der Waals surface area contributed by atoms with Gasteiger partial charge in [0.2, 0.25) is 11.0 Å². The minimum Gasteiger partial charge on any atom is -0.465 e. The third kappa shape index (κ3) is 6.02. The molecule has 0 aliphatic carbocycles. The van der Waals surface area contributed by atoms with Crippen molar-refractivity contribution in [1.29, 1.82) is 0 Å². The molecule has 1 heterocycles. The fourth-order valence-electron chi connectivity index (χ4n) is 1.10. The minimum atomic E-state index is -0.307. The Morgan fingerprint density at radius 3 is 2.68 bits per heavy atom. The van der Waals surface area contributed by atoms with Crippen molar-refractivity contribution >= 4 is 40.1 Å². The van der Waals surface area contributed by atoms with Crippen molar-refractivity contribution in [1.82, 2.24) is 10.2 Å². The summed E-state index contributed by atoms with van der Waals surface area (Å²) in [4.78, 5) is 22.7. The van der Waals surface area contributed by atoms with E-state index in [-0.39, 0.29) is 23.4 Å². The molecule has 8 heteroatoms. The van der Waals surface area contributed by atoms with Crippen LogP contribution in [0.2, 0.25) is 0 Å². The lowest BCUT2D eigenvalue weighted by Gasteiger charge is -2.02. The normalized spacial score (nSPS) is 10.5. The molecule has 106 valence electrons. The number of anilines is 1. The standard InChI is InChI=1S/C11H17N3O3S2/c1-4-17-9(16)6-18-5-8(15)12-11-14-13-10(19-11)7(2)3/h7H,4-6H2,1-3H3,(H,12,14,15). The predicted molar refractivity (Wildman–Crippen MR) is 76.6 cm³/mol. The second-order valence-electron chi connectivity index (χ2n) is 3.95. The van der Waals surface area contributed by atoms with Gasteiger partial charge in [-0.05, 0) is 6.92 Å². The SMILES string of the molecule is CCOC(=O)CSCC(=O)Nc1nnc(C(C)C)s1. The van der Waals surface area contributed by atoms with E-state index in [1.807, 2.05) is 13.8 Å². The number of nitrogens with one attached hydrogen (secondary N) is 1. The van der Waals surface area contributed by atoms with Gasteiger partial charge in [-0.1, -0.05) is 25.2 Å². The van der Waals surface area contributed by atoms with E-state index in [4.69, 9.17) is 4.74 Å². The van der Waals surface area contributed by atoms with E-state index in [1.165, 1.54) is 23.1 Å². The van der Waals surface area contributed by atoms with Crippen LogP contribution in [0.1, 0.15) is 31.7 Å². The van der Waals surface area contributed by atoms with E-state index in [0.29, 0.717) is 17.7 Å². The Balaban J connectivity index is 2.28. The summed E-state index contributed by atoms with van der Waals surface area (Å²) in [7, 11) is 0. The molecule has 1 aromatic rings. The number of carbonyl (C=O) groups excluding carboxylic acids is 2. The molecule has 1 aromatic heterocycles. The summed E-state index contributed by atoms with van der Waals surface area (Å²) in [6.45, 7) is 6.13. The molecule has 0 radical (unpaired) electrons. The predicted octanol–water partition coefficient (Wildman–Crippen LogP) is 1.90. The van der Waals surface area contributed by atoms with E-state index >= 15 is 0 Å². The molecule has 0 fully saturated rings.